The average Bonchev–Trinajstić information content (AvgIpc) is 2.70. The molecule has 2 fully saturated rings. The Kier molecular flexibility index (Phi) is 6.65. The van der Waals surface area contributed by atoms with Gasteiger partial charge in [0.05, 0.1) is 17.8 Å². The second-order valence-electron chi connectivity index (χ2n) is 8.75. The second-order valence-corrected chi connectivity index (χ2v) is 8.75. The predicted molar refractivity (Wildman–Crippen MR) is 119 cm³/mol. The van der Waals surface area contributed by atoms with Crippen molar-refractivity contribution in [2.45, 2.75) is 32.8 Å². The highest BCUT2D eigenvalue weighted by molar-refractivity contribution is 6.02. The van der Waals surface area contributed by atoms with Gasteiger partial charge < -0.3 is 15.0 Å². The molecule has 0 aliphatic carbocycles. The molecule has 0 spiro atoms. The predicted octanol–water partition coefficient (Wildman–Crippen LogP) is 3.46. The van der Waals surface area contributed by atoms with E-state index >= 15 is 0 Å². The lowest BCUT2D eigenvalue weighted by Gasteiger charge is -2.33. The fourth-order valence-electron chi connectivity index (χ4n) is 4.13. The van der Waals surface area contributed by atoms with E-state index in [9.17, 15) is 4.79 Å². The first-order valence-electron chi connectivity index (χ1n) is 11.0. The number of likely N-dealkylation sites (tertiary alicyclic amines) is 1. The van der Waals surface area contributed by atoms with E-state index in [4.69, 9.17) is 4.74 Å². The Hall–Kier alpha value is -2.44. The van der Waals surface area contributed by atoms with Gasteiger partial charge in [0.15, 0.2) is 0 Å². The fraction of sp³-hybridized carbons (Fsp3) is 0.500. The van der Waals surface area contributed by atoms with Crippen LogP contribution < -0.4 is 15.0 Å². The fourth-order valence-corrected chi connectivity index (χ4v) is 4.13. The smallest absolute Gasteiger partial charge is 0.237 e. The van der Waals surface area contributed by atoms with Crippen LogP contribution in [0, 0.1) is 11.8 Å². The Morgan fingerprint density at radius 1 is 1.17 bits per heavy atom. The normalized spacial score (nSPS) is 18.2. The van der Waals surface area contributed by atoms with Crippen LogP contribution in [0.15, 0.2) is 48.8 Å². The van der Waals surface area contributed by atoms with Crippen molar-refractivity contribution in [3.63, 3.8) is 0 Å². The van der Waals surface area contributed by atoms with E-state index in [0.717, 1.165) is 62.7 Å². The first-order valence-corrected chi connectivity index (χ1v) is 11.0. The molecule has 160 valence electrons. The van der Waals surface area contributed by atoms with Gasteiger partial charge in [-0.1, -0.05) is 13.8 Å². The highest BCUT2D eigenvalue weighted by Crippen LogP contribution is 2.30. The van der Waals surface area contributed by atoms with Crippen LogP contribution >= 0.6 is 0 Å². The van der Waals surface area contributed by atoms with Crippen molar-refractivity contribution in [2.24, 2.45) is 11.8 Å². The number of benzene rings is 1. The monoisotopic (exact) mass is 408 g/mol. The molecule has 30 heavy (non-hydrogen) atoms. The molecule has 0 radical (unpaired) electrons. The molecular formula is C24H32N4O2. The van der Waals surface area contributed by atoms with Crippen LogP contribution in [0.2, 0.25) is 0 Å². The highest BCUT2D eigenvalue weighted by atomic mass is 16.5. The van der Waals surface area contributed by atoms with E-state index in [2.05, 4.69) is 29.0 Å². The molecule has 1 amide bonds. The Bertz CT molecular complexity index is 813. The lowest BCUT2D eigenvalue weighted by atomic mass is 10.0. The molecule has 1 aromatic heterocycles. The summed E-state index contributed by atoms with van der Waals surface area (Å²) in [5, 5.41) is 3.18. The van der Waals surface area contributed by atoms with Gasteiger partial charge in [0.2, 0.25) is 5.91 Å². The van der Waals surface area contributed by atoms with Gasteiger partial charge >= 0.3 is 0 Å². The zero-order valence-corrected chi connectivity index (χ0v) is 18.0. The van der Waals surface area contributed by atoms with Gasteiger partial charge in [-0.05, 0) is 55.2 Å². The third-order valence-corrected chi connectivity index (χ3v) is 5.81. The van der Waals surface area contributed by atoms with E-state index in [-0.39, 0.29) is 17.9 Å². The van der Waals surface area contributed by atoms with Crippen LogP contribution in [0.25, 0.3) is 0 Å². The molecule has 0 bridgehead atoms. The van der Waals surface area contributed by atoms with Crippen molar-refractivity contribution < 1.29 is 9.53 Å². The number of amides is 1. The van der Waals surface area contributed by atoms with Crippen molar-refractivity contribution in [1.29, 1.82) is 0 Å². The Morgan fingerprint density at radius 2 is 1.90 bits per heavy atom. The number of carbonyl (C=O) groups excluding carboxylic acids is 1. The third-order valence-electron chi connectivity index (χ3n) is 5.81. The van der Waals surface area contributed by atoms with Crippen molar-refractivity contribution in [2.75, 3.05) is 37.6 Å². The standard InChI is InChI=1S/C24H32N4O2/c1-18(2)17-27-12-9-23(10-13-27)30-22-7-5-20(6-8-22)28(21-4-3-11-25-16-21)24(29)19-14-26-15-19/h3-8,11,16,18-19,23,26H,9-10,12-15,17H2,1-2H3. The molecule has 2 aliphatic heterocycles. The number of hydrogen-bond acceptors (Lipinski definition) is 5. The lowest BCUT2D eigenvalue weighted by molar-refractivity contribution is -0.123. The zero-order chi connectivity index (χ0) is 20.9. The van der Waals surface area contributed by atoms with Crippen LogP contribution in [0.1, 0.15) is 26.7 Å². The first-order chi connectivity index (χ1) is 14.6. The quantitative estimate of drug-likeness (QED) is 0.760. The number of piperidine rings is 1. The molecule has 0 unspecified atom stereocenters. The van der Waals surface area contributed by atoms with Crippen LogP contribution in [-0.2, 0) is 4.79 Å². The minimum atomic E-state index is 0.0113. The number of rotatable bonds is 7. The lowest BCUT2D eigenvalue weighted by Crippen LogP contribution is -2.51. The molecule has 6 heteroatoms. The van der Waals surface area contributed by atoms with Gasteiger partial charge in [-0.15, -0.1) is 0 Å². The van der Waals surface area contributed by atoms with Gasteiger partial charge in [-0.3, -0.25) is 14.7 Å². The number of aromatic nitrogens is 1. The minimum absolute atomic E-state index is 0.0113. The molecule has 1 aromatic carbocycles. The minimum Gasteiger partial charge on any atom is -0.490 e. The van der Waals surface area contributed by atoms with Gasteiger partial charge in [-0.2, -0.15) is 0 Å². The molecule has 6 nitrogen and oxygen atoms in total. The Labute approximate surface area is 179 Å². The first kappa shape index (κ1) is 20.8. The SMILES string of the molecule is CC(C)CN1CCC(Oc2ccc(N(C(=O)C3CNC3)c3cccnc3)cc2)CC1. The molecule has 4 rings (SSSR count). The summed E-state index contributed by atoms with van der Waals surface area (Å²) in [5.41, 5.74) is 1.64. The third kappa shape index (κ3) is 4.99. The molecular weight excluding hydrogens is 376 g/mol. The van der Waals surface area contributed by atoms with Gasteiger partial charge in [0.1, 0.15) is 11.9 Å². The van der Waals surface area contributed by atoms with Gasteiger partial charge in [0, 0.05) is 44.6 Å². The van der Waals surface area contributed by atoms with E-state index in [1.54, 1.807) is 17.3 Å². The largest absolute Gasteiger partial charge is 0.490 e. The molecule has 2 saturated heterocycles. The second kappa shape index (κ2) is 9.58. The van der Waals surface area contributed by atoms with E-state index < -0.39 is 0 Å². The Balaban J connectivity index is 1.42. The van der Waals surface area contributed by atoms with E-state index in [1.165, 1.54) is 0 Å². The van der Waals surface area contributed by atoms with Crippen molar-refractivity contribution in [3.8, 4) is 5.75 Å². The van der Waals surface area contributed by atoms with Crippen LogP contribution in [0.5, 0.6) is 5.75 Å². The highest BCUT2D eigenvalue weighted by Gasteiger charge is 2.31. The molecule has 2 aliphatic rings. The maximum Gasteiger partial charge on any atom is 0.237 e. The van der Waals surface area contributed by atoms with Gasteiger partial charge in [-0.25, -0.2) is 0 Å². The van der Waals surface area contributed by atoms with E-state index in [0.29, 0.717) is 5.92 Å². The summed E-state index contributed by atoms with van der Waals surface area (Å²) in [7, 11) is 0. The van der Waals surface area contributed by atoms with Crippen LogP contribution in [-0.4, -0.2) is 54.6 Å². The van der Waals surface area contributed by atoms with Crippen molar-refractivity contribution >= 4 is 17.3 Å². The number of nitrogens with zero attached hydrogens (tertiary/aromatic N) is 3. The summed E-state index contributed by atoms with van der Waals surface area (Å²) in [6.07, 6.45) is 5.84. The molecule has 1 N–H and O–H groups in total. The summed E-state index contributed by atoms with van der Waals surface area (Å²) in [5.74, 6) is 1.69. The zero-order valence-electron chi connectivity index (χ0n) is 18.0. The summed E-state index contributed by atoms with van der Waals surface area (Å²) in [4.78, 5) is 21.6. The van der Waals surface area contributed by atoms with Crippen molar-refractivity contribution in [3.05, 3.63) is 48.8 Å². The van der Waals surface area contributed by atoms with Crippen molar-refractivity contribution in [1.82, 2.24) is 15.2 Å². The average molecular weight is 409 g/mol. The number of pyridine rings is 1. The molecule has 2 aromatic rings. The number of anilines is 2. The number of carbonyl (C=O) groups is 1. The summed E-state index contributed by atoms with van der Waals surface area (Å²) in [6.45, 7) is 9.35. The van der Waals surface area contributed by atoms with Gasteiger partial charge in [0.25, 0.3) is 0 Å². The molecule has 0 atom stereocenters. The van der Waals surface area contributed by atoms with E-state index in [1.807, 2.05) is 36.4 Å². The van der Waals surface area contributed by atoms with Crippen LogP contribution in [0.4, 0.5) is 11.4 Å². The number of ether oxygens (including phenoxy) is 1. The maximum atomic E-state index is 13.1. The van der Waals surface area contributed by atoms with Crippen LogP contribution in [0.3, 0.4) is 0 Å². The molecule has 3 heterocycles. The molecule has 0 saturated carbocycles. The maximum absolute atomic E-state index is 13.1. The summed E-state index contributed by atoms with van der Waals surface area (Å²) < 4.78 is 6.24. The summed E-state index contributed by atoms with van der Waals surface area (Å²) in [6, 6.07) is 11.7. The number of nitrogens with one attached hydrogen (secondary N) is 1. The summed E-state index contributed by atoms with van der Waals surface area (Å²) >= 11 is 0. The topological polar surface area (TPSA) is 57.7 Å². The number of hydrogen-bond donors (Lipinski definition) is 1. The Morgan fingerprint density at radius 3 is 2.47 bits per heavy atom.